The van der Waals surface area contributed by atoms with E-state index < -0.39 is 0 Å². The molecule has 2 saturated heterocycles. The third-order valence-corrected chi connectivity index (χ3v) is 7.72. The van der Waals surface area contributed by atoms with Crippen LogP contribution in [-0.4, -0.2) is 96.0 Å². The summed E-state index contributed by atoms with van der Waals surface area (Å²) in [6, 6.07) is 10.6. The van der Waals surface area contributed by atoms with E-state index in [0.29, 0.717) is 12.2 Å². The van der Waals surface area contributed by atoms with E-state index in [2.05, 4.69) is 85.2 Å². The lowest BCUT2D eigenvalue weighted by molar-refractivity contribution is 0.0383. The van der Waals surface area contributed by atoms with E-state index in [1.54, 1.807) is 12.4 Å². The smallest absolute Gasteiger partial charge is 0.271 e. The van der Waals surface area contributed by atoms with Crippen molar-refractivity contribution in [1.82, 2.24) is 30.4 Å². The first-order valence-electron chi connectivity index (χ1n) is 13.8. The van der Waals surface area contributed by atoms with Crippen molar-refractivity contribution in [3.05, 3.63) is 70.8 Å². The van der Waals surface area contributed by atoms with Gasteiger partial charge in [0.15, 0.2) is 5.82 Å². The van der Waals surface area contributed by atoms with Crippen LogP contribution >= 0.6 is 0 Å². The number of carbonyl (C=O) groups is 1. The second-order valence-electron chi connectivity index (χ2n) is 10.3. The van der Waals surface area contributed by atoms with E-state index in [1.165, 1.54) is 16.7 Å². The van der Waals surface area contributed by atoms with E-state index in [9.17, 15) is 4.79 Å². The van der Waals surface area contributed by atoms with Gasteiger partial charge in [0, 0.05) is 58.3 Å². The van der Waals surface area contributed by atoms with Crippen molar-refractivity contribution in [3.63, 3.8) is 0 Å². The molecule has 2 fully saturated rings. The van der Waals surface area contributed by atoms with E-state index in [1.807, 2.05) is 6.07 Å². The van der Waals surface area contributed by atoms with Crippen LogP contribution in [0.5, 0.6) is 0 Å². The molecule has 0 radical (unpaired) electrons. The molecule has 5 rings (SSSR count). The summed E-state index contributed by atoms with van der Waals surface area (Å²) in [7, 11) is 0. The molecule has 3 aromatic rings. The molecule has 10 nitrogen and oxygen atoms in total. The number of morpholine rings is 1. The maximum atomic E-state index is 12.5. The Hall–Kier alpha value is -3.63. The molecular formula is C29H38N8O2. The van der Waals surface area contributed by atoms with Crippen molar-refractivity contribution in [2.75, 3.05) is 68.8 Å². The predicted molar refractivity (Wildman–Crippen MR) is 151 cm³/mol. The minimum atomic E-state index is -0.194. The molecule has 1 aromatic carbocycles. The van der Waals surface area contributed by atoms with Gasteiger partial charge in [0.05, 0.1) is 31.3 Å². The molecule has 4 heterocycles. The topological polar surface area (TPSA) is 99.6 Å². The minimum absolute atomic E-state index is 0.194. The first-order chi connectivity index (χ1) is 19.0. The number of nitrogens with zero attached hydrogens (tertiary/aromatic N) is 7. The zero-order valence-electron chi connectivity index (χ0n) is 23.1. The van der Waals surface area contributed by atoms with Crippen molar-refractivity contribution in [3.8, 4) is 0 Å². The fourth-order valence-electron chi connectivity index (χ4n) is 5.22. The SMILES string of the molecule is Cc1c(Cc2ccccc2)nnc(N2CCN(c3cnc(C(=O)NCCN4CCOCC4)cn3)C(C)C2)c1C. The van der Waals surface area contributed by atoms with Crippen LogP contribution in [0.25, 0.3) is 0 Å². The lowest BCUT2D eigenvalue weighted by Crippen LogP contribution is -2.53. The Bertz CT molecular complexity index is 1250. The largest absolute Gasteiger partial charge is 0.379 e. The van der Waals surface area contributed by atoms with Crippen LogP contribution in [0, 0.1) is 13.8 Å². The molecule has 2 aliphatic rings. The molecule has 0 saturated carbocycles. The number of hydrogen-bond donors (Lipinski definition) is 1. The predicted octanol–water partition coefficient (Wildman–Crippen LogP) is 2.25. The molecule has 1 N–H and O–H groups in total. The number of ether oxygens (including phenoxy) is 1. The third-order valence-electron chi connectivity index (χ3n) is 7.72. The van der Waals surface area contributed by atoms with Crippen LogP contribution in [0.4, 0.5) is 11.6 Å². The quantitative estimate of drug-likeness (QED) is 0.470. The molecule has 206 valence electrons. The molecule has 0 aliphatic carbocycles. The van der Waals surface area contributed by atoms with Crippen molar-refractivity contribution in [1.29, 1.82) is 0 Å². The van der Waals surface area contributed by atoms with Crippen LogP contribution in [0.15, 0.2) is 42.7 Å². The first-order valence-corrected chi connectivity index (χ1v) is 13.8. The average Bonchev–Trinajstić information content (AvgIpc) is 2.97. The summed E-state index contributed by atoms with van der Waals surface area (Å²) in [6.45, 7) is 13.6. The van der Waals surface area contributed by atoms with E-state index in [0.717, 1.165) is 76.2 Å². The van der Waals surface area contributed by atoms with Gasteiger partial charge in [-0.1, -0.05) is 30.3 Å². The molecule has 0 spiro atoms. The number of amides is 1. The van der Waals surface area contributed by atoms with Crippen molar-refractivity contribution in [2.45, 2.75) is 33.2 Å². The maximum Gasteiger partial charge on any atom is 0.271 e. The van der Waals surface area contributed by atoms with Crippen molar-refractivity contribution < 1.29 is 9.53 Å². The number of benzene rings is 1. The Balaban J connectivity index is 1.16. The zero-order chi connectivity index (χ0) is 27.2. The highest BCUT2D eigenvalue weighted by Crippen LogP contribution is 2.26. The van der Waals surface area contributed by atoms with Gasteiger partial charge in [-0.2, -0.15) is 5.10 Å². The zero-order valence-corrected chi connectivity index (χ0v) is 23.1. The maximum absolute atomic E-state index is 12.5. The number of nitrogens with one attached hydrogen (secondary N) is 1. The summed E-state index contributed by atoms with van der Waals surface area (Å²) in [6.07, 6.45) is 4.06. The number of piperazine rings is 1. The monoisotopic (exact) mass is 530 g/mol. The molecule has 1 atom stereocenters. The van der Waals surface area contributed by atoms with Crippen LogP contribution in [0.1, 0.15) is 39.8 Å². The number of anilines is 2. The number of hydrogen-bond acceptors (Lipinski definition) is 9. The number of aromatic nitrogens is 4. The molecule has 0 bridgehead atoms. The molecule has 1 unspecified atom stereocenters. The van der Waals surface area contributed by atoms with Gasteiger partial charge in [-0.15, -0.1) is 5.10 Å². The Morgan fingerprint density at radius 3 is 2.51 bits per heavy atom. The Kier molecular flexibility index (Phi) is 8.63. The summed E-state index contributed by atoms with van der Waals surface area (Å²) in [5.74, 6) is 1.54. The minimum Gasteiger partial charge on any atom is -0.379 e. The second-order valence-corrected chi connectivity index (χ2v) is 10.3. The highest BCUT2D eigenvalue weighted by molar-refractivity contribution is 5.92. The Morgan fingerprint density at radius 1 is 1.00 bits per heavy atom. The summed E-state index contributed by atoms with van der Waals surface area (Å²) in [5.41, 5.74) is 4.98. The van der Waals surface area contributed by atoms with Gasteiger partial charge in [0.25, 0.3) is 5.91 Å². The summed E-state index contributed by atoms with van der Waals surface area (Å²) < 4.78 is 5.37. The molecule has 10 heteroatoms. The van der Waals surface area contributed by atoms with E-state index in [4.69, 9.17) is 4.74 Å². The molecule has 1 amide bonds. The van der Waals surface area contributed by atoms with Gasteiger partial charge in [0.1, 0.15) is 11.5 Å². The average molecular weight is 531 g/mol. The van der Waals surface area contributed by atoms with E-state index in [-0.39, 0.29) is 11.9 Å². The van der Waals surface area contributed by atoms with Crippen LogP contribution in [0.2, 0.25) is 0 Å². The third kappa shape index (κ3) is 6.51. The summed E-state index contributed by atoms with van der Waals surface area (Å²) in [5, 5.41) is 12.2. The Morgan fingerprint density at radius 2 is 1.79 bits per heavy atom. The fourth-order valence-corrected chi connectivity index (χ4v) is 5.22. The molecule has 39 heavy (non-hydrogen) atoms. The number of rotatable bonds is 8. The first kappa shape index (κ1) is 27.0. The number of carbonyl (C=O) groups excluding carboxylic acids is 1. The fraction of sp³-hybridized carbons (Fsp3) is 0.483. The van der Waals surface area contributed by atoms with Gasteiger partial charge in [-0.25, -0.2) is 9.97 Å². The normalized spacial score (nSPS) is 18.3. The van der Waals surface area contributed by atoms with Crippen molar-refractivity contribution in [2.24, 2.45) is 0 Å². The van der Waals surface area contributed by atoms with Crippen LogP contribution in [0.3, 0.4) is 0 Å². The highest BCUT2D eigenvalue weighted by Gasteiger charge is 2.28. The lowest BCUT2D eigenvalue weighted by Gasteiger charge is -2.41. The van der Waals surface area contributed by atoms with Crippen LogP contribution in [-0.2, 0) is 11.2 Å². The summed E-state index contributed by atoms with van der Waals surface area (Å²) >= 11 is 0. The van der Waals surface area contributed by atoms with Gasteiger partial charge in [0.2, 0.25) is 0 Å². The van der Waals surface area contributed by atoms with Gasteiger partial charge >= 0.3 is 0 Å². The van der Waals surface area contributed by atoms with Gasteiger partial charge < -0.3 is 19.9 Å². The van der Waals surface area contributed by atoms with Gasteiger partial charge in [-0.3, -0.25) is 9.69 Å². The Labute approximate surface area is 230 Å². The molecule has 2 aromatic heterocycles. The highest BCUT2D eigenvalue weighted by atomic mass is 16.5. The van der Waals surface area contributed by atoms with Crippen LogP contribution < -0.4 is 15.1 Å². The lowest BCUT2D eigenvalue weighted by atomic mass is 10.0. The van der Waals surface area contributed by atoms with Crippen molar-refractivity contribution >= 4 is 17.5 Å². The summed E-state index contributed by atoms with van der Waals surface area (Å²) in [4.78, 5) is 28.4. The molecular weight excluding hydrogens is 492 g/mol. The van der Waals surface area contributed by atoms with E-state index >= 15 is 0 Å². The second kappa shape index (κ2) is 12.5. The molecule has 2 aliphatic heterocycles. The van der Waals surface area contributed by atoms with Gasteiger partial charge in [-0.05, 0) is 37.5 Å². The standard InChI is InChI=1S/C29H38N8O2/c1-21-20-36(28-23(3)22(2)25(33-34-28)17-24-7-5-4-6-8-24)11-12-37(21)27-19-31-26(18-32-27)29(38)30-9-10-35-13-15-39-16-14-35/h4-8,18-19,21H,9-17,20H2,1-3H3,(H,30,38).